The van der Waals surface area contributed by atoms with Crippen molar-refractivity contribution in [2.75, 3.05) is 43.1 Å². The lowest BCUT2D eigenvalue weighted by molar-refractivity contribution is 0.0240. The molecular weight excluding hydrogens is 490 g/mol. The molecule has 2 aliphatic heterocycles. The van der Waals surface area contributed by atoms with E-state index in [2.05, 4.69) is 5.32 Å². The summed E-state index contributed by atoms with van der Waals surface area (Å²) in [6.45, 7) is 6.73. The van der Waals surface area contributed by atoms with Gasteiger partial charge in [-0.1, -0.05) is 0 Å². The van der Waals surface area contributed by atoms with Crippen LogP contribution in [-0.2, 0) is 14.6 Å². The number of aromatic nitrogens is 1. The maximum atomic E-state index is 13.1. The minimum atomic E-state index is -3.65. The van der Waals surface area contributed by atoms with Crippen LogP contribution in [0.3, 0.4) is 0 Å². The molecule has 3 N–H and O–H groups in total. The van der Waals surface area contributed by atoms with Crippen LogP contribution in [0.5, 0.6) is 0 Å². The zero-order valence-electron chi connectivity index (χ0n) is 20.3. The Morgan fingerprint density at radius 1 is 1.00 bits per heavy atom. The van der Waals surface area contributed by atoms with Crippen molar-refractivity contribution in [3.63, 3.8) is 0 Å². The van der Waals surface area contributed by atoms with Gasteiger partial charge in [0.25, 0.3) is 17.4 Å². The molecule has 0 spiro atoms. The van der Waals surface area contributed by atoms with Gasteiger partial charge in [-0.3, -0.25) is 24.3 Å². The van der Waals surface area contributed by atoms with Crippen LogP contribution in [0.25, 0.3) is 5.69 Å². The van der Waals surface area contributed by atoms with Crippen LogP contribution in [0, 0.1) is 0 Å². The summed E-state index contributed by atoms with van der Waals surface area (Å²) < 4.78 is 31.0. The number of hydrogen-bond acceptors (Lipinski definition) is 9. The molecule has 1 fully saturated rings. The van der Waals surface area contributed by atoms with E-state index in [9.17, 15) is 27.6 Å². The SMILES string of the molecule is CC(C)(C)OC(=O)N1CCN(c2ccc(S(C)(=O)=O)cc2-n2c(N)c3c(cc2=O)C(=O)NC3=O)CC1. The molecular formula is C23H27N5O7S. The second-order valence-electron chi connectivity index (χ2n) is 9.65. The number of nitrogens with zero attached hydrogens (tertiary/aromatic N) is 3. The molecule has 0 aliphatic carbocycles. The van der Waals surface area contributed by atoms with E-state index in [1.54, 1.807) is 31.7 Å². The number of hydrogen-bond donors (Lipinski definition) is 2. The first kappa shape index (κ1) is 25.2. The molecule has 0 radical (unpaired) electrons. The molecule has 36 heavy (non-hydrogen) atoms. The minimum absolute atomic E-state index is 0.0547. The topological polar surface area (TPSA) is 161 Å². The highest BCUT2D eigenvalue weighted by Gasteiger charge is 2.33. The average molecular weight is 518 g/mol. The highest BCUT2D eigenvalue weighted by molar-refractivity contribution is 7.90. The number of benzene rings is 1. The first-order valence-corrected chi connectivity index (χ1v) is 13.0. The van der Waals surface area contributed by atoms with Crippen molar-refractivity contribution < 1.29 is 27.5 Å². The van der Waals surface area contributed by atoms with Crippen LogP contribution >= 0.6 is 0 Å². The number of pyridine rings is 1. The van der Waals surface area contributed by atoms with E-state index >= 15 is 0 Å². The van der Waals surface area contributed by atoms with E-state index in [0.29, 0.717) is 31.9 Å². The number of imide groups is 1. The summed E-state index contributed by atoms with van der Waals surface area (Å²) in [5.74, 6) is -1.75. The first-order chi connectivity index (χ1) is 16.7. The van der Waals surface area contributed by atoms with Crippen LogP contribution in [0.1, 0.15) is 41.5 Å². The predicted octanol–water partition coefficient (Wildman–Crippen LogP) is 0.764. The van der Waals surface area contributed by atoms with Gasteiger partial charge >= 0.3 is 6.09 Å². The molecule has 1 aromatic carbocycles. The van der Waals surface area contributed by atoms with Gasteiger partial charge in [-0.15, -0.1) is 0 Å². The smallest absolute Gasteiger partial charge is 0.410 e. The number of carbonyl (C=O) groups is 3. The Hall–Kier alpha value is -3.87. The van der Waals surface area contributed by atoms with Gasteiger partial charge in [0.1, 0.15) is 11.4 Å². The summed E-state index contributed by atoms with van der Waals surface area (Å²) in [5.41, 5.74) is 5.21. The Bertz CT molecular complexity index is 1450. The zero-order chi connectivity index (χ0) is 26.6. The van der Waals surface area contributed by atoms with Crippen molar-refractivity contribution in [2.45, 2.75) is 31.3 Å². The van der Waals surface area contributed by atoms with Gasteiger partial charge in [-0.25, -0.2) is 13.2 Å². The summed E-state index contributed by atoms with van der Waals surface area (Å²) in [7, 11) is -3.65. The number of nitrogens with one attached hydrogen (secondary N) is 1. The van der Waals surface area contributed by atoms with E-state index in [0.717, 1.165) is 16.9 Å². The quantitative estimate of drug-likeness (QED) is 0.560. The maximum absolute atomic E-state index is 13.1. The highest BCUT2D eigenvalue weighted by atomic mass is 32.2. The summed E-state index contributed by atoms with van der Waals surface area (Å²) in [5, 5.41) is 2.11. The Labute approximate surface area is 207 Å². The fourth-order valence-corrected chi connectivity index (χ4v) is 4.81. The summed E-state index contributed by atoms with van der Waals surface area (Å²) in [6, 6.07) is 5.28. The Morgan fingerprint density at radius 3 is 2.22 bits per heavy atom. The number of anilines is 2. The van der Waals surface area contributed by atoms with Gasteiger partial charge in [-0.05, 0) is 39.0 Å². The van der Waals surface area contributed by atoms with Gasteiger partial charge in [-0.2, -0.15) is 0 Å². The predicted molar refractivity (Wildman–Crippen MR) is 131 cm³/mol. The van der Waals surface area contributed by atoms with E-state index in [1.807, 2.05) is 4.90 Å². The molecule has 2 aliphatic rings. The molecule has 0 bridgehead atoms. The molecule has 2 aromatic rings. The standard InChI is InChI=1S/C23H27N5O7S/c1-23(2,3)35-22(32)27-9-7-26(8-10-27)15-6-5-13(36(4,33)34)11-16(15)28-17(29)12-14-18(19(28)24)21(31)25-20(14)30/h5-6,11-12H,7-10,24H2,1-4H3,(H,25,30,31). The van der Waals surface area contributed by atoms with Crippen LogP contribution in [-0.4, -0.2) is 73.8 Å². The van der Waals surface area contributed by atoms with Crippen molar-refractivity contribution in [1.29, 1.82) is 0 Å². The van der Waals surface area contributed by atoms with Crippen molar-refractivity contribution in [3.8, 4) is 5.69 Å². The van der Waals surface area contributed by atoms with Crippen molar-refractivity contribution in [1.82, 2.24) is 14.8 Å². The molecule has 1 aromatic heterocycles. The van der Waals surface area contributed by atoms with Crippen molar-refractivity contribution in [3.05, 3.63) is 45.7 Å². The second kappa shape index (κ2) is 8.66. The van der Waals surface area contributed by atoms with Crippen LogP contribution < -0.4 is 21.5 Å². The third-order valence-corrected chi connectivity index (χ3v) is 6.95. The first-order valence-electron chi connectivity index (χ1n) is 11.2. The number of carbonyl (C=O) groups excluding carboxylic acids is 3. The number of nitrogens with two attached hydrogens (primary N) is 1. The maximum Gasteiger partial charge on any atom is 0.410 e. The van der Waals surface area contributed by atoms with Crippen molar-refractivity contribution >= 4 is 39.3 Å². The molecule has 0 unspecified atom stereocenters. The number of sulfone groups is 1. The summed E-state index contributed by atoms with van der Waals surface area (Å²) in [4.78, 5) is 53.3. The number of amides is 3. The monoisotopic (exact) mass is 517 g/mol. The van der Waals surface area contributed by atoms with Crippen LogP contribution in [0.2, 0.25) is 0 Å². The van der Waals surface area contributed by atoms with E-state index in [1.165, 1.54) is 12.1 Å². The van der Waals surface area contributed by atoms with Gasteiger partial charge in [0.05, 0.1) is 27.4 Å². The lowest BCUT2D eigenvalue weighted by Crippen LogP contribution is -2.50. The normalized spacial score (nSPS) is 16.1. The Kier molecular flexibility index (Phi) is 6.07. The van der Waals surface area contributed by atoms with E-state index in [4.69, 9.17) is 10.5 Å². The van der Waals surface area contributed by atoms with E-state index in [-0.39, 0.29) is 27.5 Å². The Morgan fingerprint density at radius 2 is 1.64 bits per heavy atom. The second-order valence-corrected chi connectivity index (χ2v) is 11.7. The number of rotatable bonds is 3. The molecule has 1 saturated heterocycles. The van der Waals surface area contributed by atoms with Crippen LogP contribution in [0.15, 0.2) is 34.0 Å². The third kappa shape index (κ3) is 4.65. The number of fused-ring (bicyclic) bond motifs is 1. The van der Waals surface area contributed by atoms with E-state index < -0.39 is 38.9 Å². The van der Waals surface area contributed by atoms with Gasteiger partial charge in [0, 0.05) is 38.5 Å². The molecule has 3 heterocycles. The minimum Gasteiger partial charge on any atom is -0.444 e. The molecule has 3 amide bonds. The van der Waals surface area contributed by atoms with Gasteiger partial charge in [0.15, 0.2) is 9.84 Å². The molecule has 0 saturated carbocycles. The summed E-state index contributed by atoms with van der Waals surface area (Å²) in [6.07, 6.45) is 0.594. The molecule has 12 nitrogen and oxygen atoms in total. The van der Waals surface area contributed by atoms with Crippen molar-refractivity contribution in [2.24, 2.45) is 0 Å². The lowest BCUT2D eigenvalue weighted by atomic mass is 10.1. The number of piperazine rings is 1. The molecule has 4 rings (SSSR count). The summed E-state index contributed by atoms with van der Waals surface area (Å²) >= 11 is 0. The third-order valence-electron chi connectivity index (χ3n) is 5.84. The molecule has 0 atom stereocenters. The average Bonchev–Trinajstić information content (AvgIpc) is 3.05. The highest BCUT2D eigenvalue weighted by Crippen LogP contribution is 2.31. The number of nitrogen functional groups attached to an aromatic ring is 1. The van der Waals surface area contributed by atoms with Gasteiger partial charge in [0.2, 0.25) is 0 Å². The largest absolute Gasteiger partial charge is 0.444 e. The zero-order valence-corrected chi connectivity index (χ0v) is 21.1. The molecule has 13 heteroatoms. The fraction of sp³-hybridized carbons (Fsp3) is 0.391. The fourth-order valence-electron chi connectivity index (χ4n) is 4.16. The number of ether oxygens (including phenoxy) is 1. The lowest BCUT2D eigenvalue weighted by Gasteiger charge is -2.37. The van der Waals surface area contributed by atoms with Gasteiger partial charge < -0.3 is 20.3 Å². The van der Waals surface area contributed by atoms with Crippen LogP contribution in [0.4, 0.5) is 16.3 Å². The molecule has 192 valence electrons. The Balaban J connectivity index is 1.77.